The van der Waals surface area contributed by atoms with Gasteiger partial charge in [-0.05, 0) is 44.5 Å². The van der Waals surface area contributed by atoms with E-state index in [9.17, 15) is 9.18 Å². The molecule has 1 aromatic carbocycles. The topological polar surface area (TPSA) is 55.1 Å². The van der Waals surface area contributed by atoms with Crippen LogP contribution in [0.4, 0.5) is 4.39 Å². The minimum absolute atomic E-state index is 0.0745. The van der Waals surface area contributed by atoms with Gasteiger partial charge < -0.3 is 5.11 Å². The highest BCUT2D eigenvalue weighted by molar-refractivity contribution is 5.87. The normalized spacial score (nSPS) is 10.7. The summed E-state index contributed by atoms with van der Waals surface area (Å²) in [6.07, 6.45) is 0. The number of rotatable bonds is 2. The van der Waals surface area contributed by atoms with Gasteiger partial charge in [-0.1, -0.05) is 0 Å². The van der Waals surface area contributed by atoms with E-state index in [-0.39, 0.29) is 11.3 Å². The molecule has 0 spiro atoms. The van der Waals surface area contributed by atoms with Gasteiger partial charge in [0.1, 0.15) is 11.5 Å². The van der Waals surface area contributed by atoms with Crippen molar-refractivity contribution in [3.8, 4) is 5.69 Å². The average Bonchev–Trinajstić information content (AvgIpc) is 2.57. The standard InChI is InChI=1S/C13H13FN2O2/c1-7-8(2)15-16(9(7)3)12-5-4-10(13(17)18)6-11(12)14/h4-6H,1-3H3,(H,17,18). The first-order valence-corrected chi connectivity index (χ1v) is 5.48. The van der Waals surface area contributed by atoms with Crippen LogP contribution >= 0.6 is 0 Å². The average molecular weight is 248 g/mol. The Morgan fingerprint density at radius 3 is 2.44 bits per heavy atom. The van der Waals surface area contributed by atoms with E-state index in [1.165, 1.54) is 16.8 Å². The summed E-state index contributed by atoms with van der Waals surface area (Å²) in [5.41, 5.74) is 2.85. The van der Waals surface area contributed by atoms with Crippen LogP contribution in [0, 0.1) is 26.6 Å². The van der Waals surface area contributed by atoms with Crippen molar-refractivity contribution in [1.82, 2.24) is 9.78 Å². The van der Waals surface area contributed by atoms with Crippen LogP contribution in [0.3, 0.4) is 0 Å². The van der Waals surface area contributed by atoms with Crippen molar-refractivity contribution in [2.24, 2.45) is 0 Å². The number of carboxylic acid groups (broad SMARTS) is 1. The number of aromatic nitrogens is 2. The quantitative estimate of drug-likeness (QED) is 0.888. The summed E-state index contributed by atoms with van der Waals surface area (Å²) in [5, 5.41) is 13.0. The molecule has 94 valence electrons. The molecule has 1 aromatic heterocycles. The number of hydrogen-bond donors (Lipinski definition) is 1. The van der Waals surface area contributed by atoms with Crippen LogP contribution in [0.5, 0.6) is 0 Å². The first-order valence-electron chi connectivity index (χ1n) is 5.48. The molecule has 0 radical (unpaired) electrons. The maximum Gasteiger partial charge on any atom is 0.335 e. The van der Waals surface area contributed by atoms with E-state index >= 15 is 0 Å². The van der Waals surface area contributed by atoms with Gasteiger partial charge >= 0.3 is 5.97 Å². The molecule has 4 nitrogen and oxygen atoms in total. The van der Waals surface area contributed by atoms with E-state index < -0.39 is 11.8 Å². The molecule has 0 aliphatic rings. The van der Waals surface area contributed by atoms with Crippen LogP contribution in [0.15, 0.2) is 18.2 Å². The molecule has 18 heavy (non-hydrogen) atoms. The molecule has 0 saturated carbocycles. The number of aryl methyl sites for hydroxylation is 1. The number of hydrogen-bond acceptors (Lipinski definition) is 2. The van der Waals surface area contributed by atoms with Crippen molar-refractivity contribution in [2.45, 2.75) is 20.8 Å². The molecule has 1 heterocycles. The van der Waals surface area contributed by atoms with Crippen molar-refractivity contribution in [3.05, 3.63) is 46.5 Å². The molecular formula is C13H13FN2O2. The Morgan fingerprint density at radius 2 is 2.00 bits per heavy atom. The van der Waals surface area contributed by atoms with Crippen molar-refractivity contribution in [1.29, 1.82) is 0 Å². The molecule has 0 unspecified atom stereocenters. The summed E-state index contributed by atoms with van der Waals surface area (Å²) in [5.74, 6) is -1.74. The lowest BCUT2D eigenvalue weighted by Crippen LogP contribution is -2.05. The first-order chi connectivity index (χ1) is 8.41. The Bertz CT molecular complexity index is 632. The Morgan fingerprint density at radius 1 is 1.33 bits per heavy atom. The second kappa shape index (κ2) is 4.25. The third kappa shape index (κ3) is 1.88. The van der Waals surface area contributed by atoms with E-state index in [0.717, 1.165) is 23.0 Å². The van der Waals surface area contributed by atoms with Gasteiger partial charge in [-0.15, -0.1) is 0 Å². The van der Waals surface area contributed by atoms with Gasteiger partial charge in [0.2, 0.25) is 0 Å². The molecule has 1 N–H and O–H groups in total. The van der Waals surface area contributed by atoms with Crippen LogP contribution < -0.4 is 0 Å². The molecular weight excluding hydrogens is 235 g/mol. The number of aromatic carboxylic acids is 1. The van der Waals surface area contributed by atoms with Crippen LogP contribution in [-0.4, -0.2) is 20.9 Å². The predicted molar refractivity (Wildman–Crippen MR) is 64.7 cm³/mol. The van der Waals surface area contributed by atoms with Crippen molar-refractivity contribution < 1.29 is 14.3 Å². The van der Waals surface area contributed by atoms with Gasteiger partial charge in [-0.3, -0.25) is 0 Å². The van der Waals surface area contributed by atoms with Crippen LogP contribution in [0.1, 0.15) is 27.3 Å². The van der Waals surface area contributed by atoms with Gasteiger partial charge in [0.25, 0.3) is 0 Å². The Labute approximate surface area is 104 Å². The third-order valence-electron chi connectivity index (χ3n) is 3.08. The van der Waals surface area contributed by atoms with Crippen molar-refractivity contribution >= 4 is 5.97 Å². The molecule has 2 aromatic rings. The molecule has 0 bridgehead atoms. The number of halogens is 1. The number of benzene rings is 1. The minimum Gasteiger partial charge on any atom is -0.478 e. The number of carboxylic acids is 1. The van der Waals surface area contributed by atoms with Crippen molar-refractivity contribution in [3.63, 3.8) is 0 Å². The summed E-state index contributed by atoms with van der Waals surface area (Å²) in [6.45, 7) is 5.61. The number of carbonyl (C=O) groups is 1. The molecule has 0 aliphatic heterocycles. The maximum absolute atomic E-state index is 13.9. The predicted octanol–water partition coefficient (Wildman–Crippen LogP) is 2.63. The molecule has 0 atom stereocenters. The zero-order valence-corrected chi connectivity index (χ0v) is 10.4. The second-order valence-electron chi connectivity index (χ2n) is 4.18. The summed E-state index contributed by atoms with van der Waals surface area (Å²) < 4.78 is 15.4. The third-order valence-corrected chi connectivity index (χ3v) is 3.08. The number of nitrogens with zero attached hydrogens (tertiary/aromatic N) is 2. The lowest BCUT2D eigenvalue weighted by Gasteiger charge is -2.06. The molecule has 2 rings (SSSR count). The Balaban J connectivity index is 2.58. The fourth-order valence-corrected chi connectivity index (χ4v) is 1.77. The van der Waals surface area contributed by atoms with E-state index in [0.29, 0.717) is 0 Å². The summed E-state index contributed by atoms with van der Waals surface area (Å²) in [7, 11) is 0. The minimum atomic E-state index is -1.15. The molecule has 0 saturated heterocycles. The largest absolute Gasteiger partial charge is 0.478 e. The summed E-state index contributed by atoms with van der Waals surface area (Å²) >= 11 is 0. The summed E-state index contributed by atoms with van der Waals surface area (Å²) in [4.78, 5) is 10.7. The van der Waals surface area contributed by atoms with Gasteiger partial charge in [0.15, 0.2) is 0 Å². The van der Waals surface area contributed by atoms with Gasteiger partial charge in [0, 0.05) is 5.69 Å². The van der Waals surface area contributed by atoms with E-state index in [1.807, 2.05) is 20.8 Å². The Hall–Kier alpha value is -2.17. The second-order valence-corrected chi connectivity index (χ2v) is 4.18. The van der Waals surface area contributed by atoms with E-state index in [4.69, 9.17) is 5.11 Å². The monoisotopic (exact) mass is 248 g/mol. The fourth-order valence-electron chi connectivity index (χ4n) is 1.77. The van der Waals surface area contributed by atoms with Gasteiger partial charge in [0.05, 0.1) is 11.3 Å². The van der Waals surface area contributed by atoms with E-state index in [1.54, 1.807) is 0 Å². The SMILES string of the molecule is Cc1nn(-c2ccc(C(=O)O)cc2F)c(C)c1C. The van der Waals surface area contributed by atoms with Crippen LogP contribution in [0.25, 0.3) is 5.69 Å². The van der Waals surface area contributed by atoms with Crippen LogP contribution in [-0.2, 0) is 0 Å². The van der Waals surface area contributed by atoms with Crippen LogP contribution in [0.2, 0.25) is 0 Å². The Kier molecular flexibility index (Phi) is 2.90. The highest BCUT2D eigenvalue weighted by Crippen LogP contribution is 2.20. The highest BCUT2D eigenvalue weighted by Gasteiger charge is 2.14. The maximum atomic E-state index is 13.9. The molecule has 0 fully saturated rings. The lowest BCUT2D eigenvalue weighted by molar-refractivity contribution is 0.0696. The lowest BCUT2D eigenvalue weighted by atomic mass is 10.2. The fraction of sp³-hybridized carbons (Fsp3) is 0.231. The van der Waals surface area contributed by atoms with Gasteiger partial charge in [-0.2, -0.15) is 5.10 Å². The van der Waals surface area contributed by atoms with Crippen molar-refractivity contribution in [2.75, 3.05) is 0 Å². The molecule has 0 amide bonds. The highest BCUT2D eigenvalue weighted by atomic mass is 19.1. The van der Waals surface area contributed by atoms with E-state index in [2.05, 4.69) is 5.10 Å². The van der Waals surface area contributed by atoms with Gasteiger partial charge in [-0.25, -0.2) is 13.9 Å². The molecule has 0 aliphatic carbocycles. The summed E-state index contributed by atoms with van der Waals surface area (Å²) in [6, 6.07) is 3.80. The zero-order chi connectivity index (χ0) is 13.4. The first kappa shape index (κ1) is 12.3. The molecule has 5 heteroatoms. The zero-order valence-electron chi connectivity index (χ0n) is 10.4. The smallest absolute Gasteiger partial charge is 0.335 e.